The van der Waals surface area contributed by atoms with Gasteiger partial charge in [-0.25, -0.2) is 0 Å². The molecular formula is C19H20O4. The fourth-order valence-corrected chi connectivity index (χ4v) is 2.97. The van der Waals surface area contributed by atoms with Gasteiger partial charge in [-0.05, 0) is 24.5 Å². The quantitative estimate of drug-likeness (QED) is 0.845. The lowest BCUT2D eigenvalue weighted by molar-refractivity contribution is -0.137. The van der Waals surface area contributed by atoms with E-state index in [1.165, 1.54) is 0 Å². The Balaban J connectivity index is 1.84. The summed E-state index contributed by atoms with van der Waals surface area (Å²) in [6, 6.07) is 15.6. The Hall–Kier alpha value is -2.49. The molecule has 0 spiro atoms. The molecule has 0 aliphatic heterocycles. The Morgan fingerprint density at radius 1 is 1.13 bits per heavy atom. The van der Waals surface area contributed by atoms with Crippen LogP contribution >= 0.6 is 0 Å². The van der Waals surface area contributed by atoms with E-state index >= 15 is 0 Å². The van der Waals surface area contributed by atoms with Gasteiger partial charge in [0.25, 0.3) is 0 Å². The maximum absolute atomic E-state index is 11.2. The minimum Gasteiger partial charge on any atom is -0.493 e. The summed E-state index contributed by atoms with van der Waals surface area (Å²) in [4.78, 5) is 11.2. The molecule has 0 heterocycles. The van der Waals surface area contributed by atoms with Crippen LogP contribution in [0.25, 0.3) is 0 Å². The van der Waals surface area contributed by atoms with E-state index in [0.717, 1.165) is 24.0 Å². The van der Waals surface area contributed by atoms with Gasteiger partial charge in [0.1, 0.15) is 6.61 Å². The monoisotopic (exact) mass is 312 g/mol. The van der Waals surface area contributed by atoms with Crippen LogP contribution in [0.1, 0.15) is 30.4 Å². The minimum atomic E-state index is -0.778. The van der Waals surface area contributed by atoms with Crippen LogP contribution in [-0.2, 0) is 16.8 Å². The summed E-state index contributed by atoms with van der Waals surface area (Å²) in [6.07, 6.45) is 1.88. The summed E-state index contributed by atoms with van der Waals surface area (Å²) in [5.41, 5.74) is 1.71. The first-order valence-corrected chi connectivity index (χ1v) is 7.71. The van der Waals surface area contributed by atoms with E-state index in [1.54, 1.807) is 7.11 Å². The van der Waals surface area contributed by atoms with Gasteiger partial charge in [-0.15, -0.1) is 0 Å². The number of ether oxygens (including phenoxy) is 2. The second-order valence-corrected chi connectivity index (χ2v) is 5.96. The maximum atomic E-state index is 11.2. The Morgan fingerprint density at radius 2 is 1.87 bits per heavy atom. The van der Waals surface area contributed by atoms with Gasteiger partial charge in [-0.1, -0.05) is 42.5 Å². The van der Waals surface area contributed by atoms with Gasteiger partial charge >= 0.3 is 5.97 Å². The molecule has 23 heavy (non-hydrogen) atoms. The molecule has 2 aromatic rings. The van der Waals surface area contributed by atoms with Crippen molar-refractivity contribution in [3.63, 3.8) is 0 Å². The predicted octanol–water partition coefficient (Wildman–Crippen LogP) is 3.78. The van der Waals surface area contributed by atoms with Gasteiger partial charge in [0.2, 0.25) is 0 Å². The highest BCUT2D eigenvalue weighted by molar-refractivity contribution is 5.71. The van der Waals surface area contributed by atoms with Gasteiger partial charge in [-0.3, -0.25) is 4.79 Å². The number of aliphatic carboxylic acids is 1. The number of hydrogen-bond donors (Lipinski definition) is 1. The Labute approximate surface area is 135 Å². The first kappa shape index (κ1) is 15.4. The van der Waals surface area contributed by atoms with Crippen LogP contribution < -0.4 is 9.47 Å². The Bertz CT molecular complexity index is 690. The molecule has 0 unspecified atom stereocenters. The summed E-state index contributed by atoms with van der Waals surface area (Å²) in [5, 5.41) is 9.16. The number of para-hydroxylation sites is 1. The zero-order valence-corrected chi connectivity index (χ0v) is 13.1. The second kappa shape index (κ2) is 6.32. The van der Waals surface area contributed by atoms with Crippen molar-refractivity contribution in [2.75, 3.05) is 7.11 Å². The third-order valence-electron chi connectivity index (χ3n) is 4.33. The molecule has 120 valence electrons. The number of hydrogen-bond acceptors (Lipinski definition) is 3. The Morgan fingerprint density at radius 3 is 2.48 bits per heavy atom. The van der Waals surface area contributed by atoms with Gasteiger partial charge in [-0.2, -0.15) is 0 Å². The molecule has 0 amide bonds. The second-order valence-electron chi connectivity index (χ2n) is 5.96. The van der Waals surface area contributed by atoms with Crippen molar-refractivity contribution < 1.29 is 19.4 Å². The summed E-state index contributed by atoms with van der Waals surface area (Å²) in [5.74, 6) is 0.535. The first-order chi connectivity index (χ1) is 11.1. The van der Waals surface area contributed by atoms with Crippen LogP contribution in [0.4, 0.5) is 0 Å². The SMILES string of the molecule is COc1c(OCc2ccccc2)cccc1C1(CC(=O)O)CC1. The largest absolute Gasteiger partial charge is 0.493 e. The van der Waals surface area contributed by atoms with Crippen molar-refractivity contribution in [1.82, 2.24) is 0 Å². The van der Waals surface area contributed by atoms with Gasteiger partial charge in [0.05, 0.1) is 13.5 Å². The van der Waals surface area contributed by atoms with E-state index in [0.29, 0.717) is 18.1 Å². The van der Waals surface area contributed by atoms with Crippen molar-refractivity contribution in [1.29, 1.82) is 0 Å². The number of carboxylic acids is 1. The zero-order chi connectivity index (χ0) is 16.3. The molecule has 0 radical (unpaired) electrons. The van der Waals surface area contributed by atoms with E-state index in [-0.39, 0.29) is 11.8 Å². The summed E-state index contributed by atoms with van der Waals surface area (Å²) < 4.78 is 11.5. The van der Waals surface area contributed by atoms with Crippen LogP contribution in [0.15, 0.2) is 48.5 Å². The summed E-state index contributed by atoms with van der Waals surface area (Å²) in [7, 11) is 1.60. The zero-order valence-electron chi connectivity index (χ0n) is 13.1. The lowest BCUT2D eigenvalue weighted by Crippen LogP contribution is -2.14. The minimum absolute atomic E-state index is 0.130. The first-order valence-electron chi connectivity index (χ1n) is 7.71. The highest BCUT2D eigenvalue weighted by Crippen LogP contribution is 2.55. The summed E-state index contributed by atoms with van der Waals surface area (Å²) in [6.45, 7) is 0.451. The molecule has 4 nitrogen and oxygen atoms in total. The number of carbonyl (C=O) groups is 1. The van der Waals surface area contributed by atoms with Gasteiger partial charge in [0.15, 0.2) is 11.5 Å². The molecule has 0 atom stereocenters. The van der Waals surface area contributed by atoms with Crippen molar-refractivity contribution in [2.45, 2.75) is 31.3 Å². The third-order valence-corrected chi connectivity index (χ3v) is 4.33. The van der Waals surface area contributed by atoms with E-state index in [4.69, 9.17) is 14.6 Å². The highest BCUT2D eigenvalue weighted by atomic mass is 16.5. The van der Waals surface area contributed by atoms with Crippen LogP contribution in [0.3, 0.4) is 0 Å². The molecule has 1 aliphatic carbocycles. The standard InChI is InChI=1S/C19H20O4/c1-22-18-15(19(10-11-19)12-17(20)21)8-5-9-16(18)23-13-14-6-3-2-4-7-14/h2-9H,10-13H2,1H3,(H,20,21). The number of rotatable bonds is 7. The molecular weight excluding hydrogens is 292 g/mol. The molecule has 1 N–H and O–H groups in total. The van der Waals surface area contributed by atoms with Gasteiger partial charge < -0.3 is 14.6 Å². The number of carboxylic acid groups (broad SMARTS) is 1. The molecule has 0 bridgehead atoms. The predicted molar refractivity (Wildman–Crippen MR) is 86.9 cm³/mol. The molecule has 0 aromatic heterocycles. The van der Waals surface area contributed by atoms with E-state index in [9.17, 15) is 4.79 Å². The van der Waals surface area contributed by atoms with E-state index < -0.39 is 5.97 Å². The highest BCUT2D eigenvalue weighted by Gasteiger charge is 2.48. The average Bonchev–Trinajstić information content (AvgIpc) is 3.33. The fourth-order valence-electron chi connectivity index (χ4n) is 2.97. The molecule has 0 saturated heterocycles. The van der Waals surface area contributed by atoms with Crippen LogP contribution in [0.2, 0.25) is 0 Å². The number of benzene rings is 2. The third kappa shape index (κ3) is 3.31. The lowest BCUT2D eigenvalue weighted by atomic mass is 9.91. The average molecular weight is 312 g/mol. The molecule has 1 aliphatic rings. The molecule has 2 aromatic carbocycles. The Kier molecular flexibility index (Phi) is 4.24. The molecule has 3 rings (SSSR count). The molecule has 1 fully saturated rings. The molecule has 1 saturated carbocycles. The molecule has 4 heteroatoms. The van der Waals surface area contributed by atoms with Gasteiger partial charge in [0, 0.05) is 11.0 Å². The van der Waals surface area contributed by atoms with Crippen molar-refractivity contribution in [3.05, 3.63) is 59.7 Å². The van der Waals surface area contributed by atoms with Crippen LogP contribution in [0, 0.1) is 0 Å². The fraction of sp³-hybridized carbons (Fsp3) is 0.316. The van der Waals surface area contributed by atoms with Crippen molar-refractivity contribution in [2.24, 2.45) is 0 Å². The lowest BCUT2D eigenvalue weighted by Gasteiger charge is -2.20. The van der Waals surface area contributed by atoms with Crippen LogP contribution in [0.5, 0.6) is 11.5 Å². The number of methoxy groups -OCH3 is 1. The summed E-state index contributed by atoms with van der Waals surface area (Å²) >= 11 is 0. The van der Waals surface area contributed by atoms with Crippen molar-refractivity contribution in [3.8, 4) is 11.5 Å². The topological polar surface area (TPSA) is 55.8 Å². The van der Waals surface area contributed by atoms with Crippen LogP contribution in [-0.4, -0.2) is 18.2 Å². The maximum Gasteiger partial charge on any atom is 0.304 e. The normalized spacial score (nSPS) is 15.0. The smallest absolute Gasteiger partial charge is 0.304 e. The van der Waals surface area contributed by atoms with E-state index in [2.05, 4.69) is 0 Å². The van der Waals surface area contributed by atoms with Crippen molar-refractivity contribution >= 4 is 5.97 Å². The van der Waals surface area contributed by atoms with E-state index in [1.807, 2.05) is 48.5 Å².